The molecule has 1 amide bonds. The number of imidazole rings is 1. The Morgan fingerprint density at radius 3 is 2.90 bits per heavy atom. The average Bonchev–Trinajstić information content (AvgIpc) is 3.20. The van der Waals surface area contributed by atoms with E-state index in [1.807, 2.05) is 60.5 Å². The van der Waals surface area contributed by atoms with Gasteiger partial charge < -0.3 is 14.2 Å². The van der Waals surface area contributed by atoms with E-state index in [-0.39, 0.29) is 12.0 Å². The van der Waals surface area contributed by atoms with Gasteiger partial charge in [-0.1, -0.05) is 35.9 Å². The summed E-state index contributed by atoms with van der Waals surface area (Å²) in [5.74, 6) is 1.14. The van der Waals surface area contributed by atoms with Crippen molar-refractivity contribution >= 4 is 17.5 Å². The lowest BCUT2D eigenvalue weighted by Crippen LogP contribution is -2.42. The number of carbonyl (C=O) groups is 1. The number of halogens is 1. The van der Waals surface area contributed by atoms with Crippen molar-refractivity contribution in [1.29, 1.82) is 0 Å². The van der Waals surface area contributed by atoms with Gasteiger partial charge >= 0.3 is 0 Å². The predicted molar refractivity (Wildman–Crippen MR) is 120 cm³/mol. The Bertz CT molecular complexity index is 1040. The van der Waals surface area contributed by atoms with Crippen molar-refractivity contribution in [2.45, 2.75) is 38.8 Å². The molecule has 1 fully saturated rings. The lowest BCUT2D eigenvalue weighted by atomic mass is 10.1. The van der Waals surface area contributed by atoms with E-state index in [9.17, 15) is 4.79 Å². The van der Waals surface area contributed by atoms with Crippen LogP contribution >= 0.6 is 11.6 Å². The molecule has 0 spiro atoms. The third-order valence-corrected chi connectivity index (χ3v) is 5.99. The van der Waals surface area contributed by atoms with Gasteiger partial charge in [0.25, 0.3) is 0 Å². The molecular weight excluding hydrogens is 412 g/mol. The monoisotopic (exact) mass is 438 g/mol. The highest BCUT2D eigenvalue weighted by Crippen LogP contribution is 2.23. The van der Waals surface area contributed by atoms with Crippen LogP contribution in [0.5, 0.6) is 0 Å². The fourth-order valence-corrected chi connectivity index (χ4v) is 4.07. The van der Waals surface area contributed by atoms with E-state index >= 15 is 0 Å². The molecule has 1 aromatic carbocycles. The zero-order valence-corrected chi connectivity index (χ0v) is 18.5. The third-order valence-electron chi connectivity index (χ3n) is 5.62. The third kappa shape index (κ3) is 5.51. The van der Waals surface area contributed by atoms with Gasteiger partial charge in [-0.15, -0.1) is 0 Å². The fourth-order valence-electron chi connectivity index (χ4n) is 3.87. The van der Waals surface area contributed by atoms with Crippen LogP contribution in [0.1, 0.15) is 41.7 Å². The van der Waals surface area contributed by atoms with Gasteiger partial charge in [-0.2, -0.15) is 0 Å². The van der Waals surface area contributed by atoms with E-state index < -0.39 is 0 Å². The van der Waals surface area contributed by atoms with Crippen LogP contribution in [0.2, 0.25) is 5.02 Å². The first-order valence-corrected chi connectivity index (χ1v) is 11.0. The molecule has 3 aromatic rings. The largest absolute Gasteiger partial charge is 0.368 e. The molecule has 0 saturated carbocycles. The number of hydrogen-bond donors (Lipinski definition) is 0. The first-order valence-electron chi connectivity index (χ1n) is 10.7. The molecule has 6 nitrogen and oxygen atoms in total. The Morgan fingerprint density at radius 1 is 1.23 bits per heavy atom. The van der Waals surface area contributed by atoms with Crippen molar-refractivity contribution in [3.8, 4) is 0 Å². The Balaban J connectivity index is 1.35. The summed E-state index contributed by atoms with van der Waals surface area (Å²) in [7, 11) is 0. The number of nitrogens with zero attached hydrogens (tertiary/aromatic N) is 4. The van der Waals surface area contributed by atoms with Crippen molar-refractivity contribution in [3.05, 3.63) is 82.7 Å². The van der Waals surface area contributed by atoms with Gasteiger partial charge in [0, 0.05) is 49.0 Å². The summed E-state index contributed by atoms with van der Waals surface area (Å²) in [5.41, 5.74) is 2.84. The molecule has 1 aliphatic rings. The van der Waals surface area contributed by atoms with Gasteiger partial charge in [0.05, 0.1) is 18.8 Å². The normalized spacial score (nSPS) is 16.5. The van der Waals surface area contributed by atoms with Crippen LogP contribution in [-0.4, -0.2) is 45.0 Å². The molecule has 1 atom stereocenters. The van der Waals surface area contributed by atoms with Gasteiger partial charge in [0.15, 0.2) is 0 Å². The maximum absolute atomic E-state index is 12.7. The Hall–Kier alpha value is -2.70. The summed E-state index contributed by atoms with van der Waals surface area (Å²) in [6, 6.07) is 13.8. The summed E-state index contributed by atoms with van der Waals surface area (Å²) >= 11 is 6.30. The molecule has 31 heavy (non-hydrogen) atoms. The molecule has 1 aliphatic heterocycles. The van der Waals surface area contributed by atoms with Crippen molar-refractivity contribution in [1.82, 2.24) is 19.4 Å². The number of benzene rings is 1. The number of hydrogen-bond acceptors (Lipinski definition) is 4. The van der Waals surface area contributed by atoms with E-state index in [1.165, 1.54) is 0 Å². The molecule has 0 aliphatic carbocycles. The quantitative estimate of drug-likeness (QED) is 0.554. The molecule has 162 valence electrons. The Morgan fingerprint density at radius 2 is 2.10 bits per heavy atom. The number of carbonyl (C=O) groups excluding carboxylic acids is 1. The zero-order chi connectivity index (χ0) is 21.6. The number of rotatable bonds is 7. The number of aromatic nitrogens is 3. The van der Waals surface area contributed by atoms with Crippen LogP contribution in [0.15, 0.2) is 54.9 Å². The standard InChI is InChI=1S/C24H27ClN4O2/c1-18-26-11-13-28(18)12-5-10-24(30)29-14-15-31-23(17-29)22-9-4-7-20(27-22)16-19-6-2-3-8-21(19)25/h2-4,6-9,11,13,23H,5,10,12,14-17H2,1H3/t23-/m1/s1. The lowest BCUT2D eigenvalue weighted by Gasteiger charge is -2.33. The zero-order valence-electron chi connectivity index (χ0n) is 17.7. The summed E-state index contributed by atoms with van der Waals surface area (Å²) < 4.78 is 8.03. The van der Waals surface area contributed by atoms with Gasteiger partial charge in [0.1, 0.15) is 11.9 Å². The van der Waals surface area contributed by atoms with Crippen LogP contribution < -0.4 is 0 Å². The molecule has 0 unspecified atom stereocenters. The second kappa shape index (κ2) is 10.1. The molecule has 4 rings (SSSR count). The number of amides is 1. The number of ether oxygens (including phenoxy) is 1. The summed E-state index contributed by atoms with van der Waals surface area (Å²) in [4.78, 5) is 23.7. The Labute approximate surface area is 187 Å². The minimum absolute atomic E-state index is 0.165. The topological polar surface area (TPSA) is 60.2 Å². The van der Waals surface area contributed by atoms with Crippen LogP contribution in [-0.2, 0) is 22.5 Å². The van der Waals surface area contributed by atoms with Crippen molar-refractivity contribution in [2.75, 3.05) is 19.7 Å². The minimum atomic E-state index is -0.209. The van der Waals surface area contributed by atoms with Crippen LogP contribution in [0.4, 0.5) is 0 Å². The summed E-state index contributed by atoms with van der Waals surface area (Å²) in [5, 5.41) is 0.742. The highest BCUT2D eigenvalue weighted by atomic mass is 35.5. The van der Waals surface area contributed by atoms with Crippen LogP contribution in [0, 0.1) is 6.92 Å². The van der Waals surface area contributed by atoms with Gasteiger partial charge in [-0.05, 0) is 37.1 Å². The molecule has 2 aromatic heterocycles. The fraction of sp³-hybridized carbons (Fsp3) is 0.375. The molecule has 1 saturated heterocycles. The van der Waals surface area contributed by atoms with Gasteiger partial charge in [-0.25, -0.2) is 4.98 Å². The molecule has 0 radical (unpaired) electrons. The SMILES string of the molecule is Cc1nccn1CCCC(=O)N1CCO[C@@H](c2cccc(Cc3ccccc3Cl)n2)C1. The molecule has 7 heteroatoms. The molecule has 3 heterocycles. The Kier molecular flexibility index (Phi) is 6.99. The molecule has 0 bridgehead atoms. The first-order chi connectivity index (χ1) is 15.1. The van der Waals surface area contributed by atoms with Crippen LogP contribution in [0.25, 0.3) is 0 Å². The number of pyridine rings is 1. The van der Waals surface area contributed by atoms with Gasteiger partial charge in [-0.3, -0.25) is 9.78 Å². The maximum Gasteiger partial charge on any atom is 0.222 e. The number of morpholine rings is 1. The van der Waals surface area contributed by atoms with Crippen LogP contribution in [0.3, 0.4) is 0 Å². The average molecular weight is 439 g/mol. The first kappa shape index (κ1) is 21.5. The van der Waals surface area contributed by atoms with Crippen molar-refractivity contribution in [3.63, 3.8) is 0 Å². The van der Waals surface area contributed by atoms with E-state index in [1.54, 1.807) is 6.20 Å². The highest BCUT2D eigenvalue weighted by molar-refractivity contribution is 6.31. The van der Waals surface area contributed by atoms with E-state index in [2.05, 4.69) is 9.55 Å². The highest BCUT2D eigenvalue weighted by Gasteiger charge is 2.26. The predicted octanol–water partition coefficient (Wildman–Crippen LogP) is 4.21. The second-order valence-corrected chi connectivity index (χ2v) is 8.20. The van der Waals surface area contributed by atoms with E-state index in [0.29, 0.717) is 32.5 Å². The van der Waals surface area contributed by atoms with Crippen molar-refractivity contribution in [2.24, 2.45) is 0 Å². The van der Waals surface area contributed by atoms with E-state index in [4.69, 9.17) is 21.3 Å². The maximum atomic E-state index is 12.7. The second-order valence-electron chi connectivity index (χ2n) is 7.79. The minimum Gasteiger partial charge on any atom is -0.368 e. The molecular formula is C24H27ClN4O2. The van der Waals surface area contributed by atoms with Gasteiger partial charge in [0.2, 0.25) is 5.91 Å². The summed E-state index contributed by atoms with van der Waals surface area (Å²) in [6.45, 7) is 4.45. The van der Waals surface area contributed by atoms with E-state index in [0.717, 1.165) is 40.8 Å². The smallest absolute Gasteiger partial charge is 0.222 e. The van der Waals surface area contributed by atoms with Crippen molar-refractivity contribution < 1.29 is 9.53 Å². The summed E-state index contributed by atoms with van der Waals surface area (Å²) in [6.07, 6.45) is 5.51. The number of aryl methyl sites for hydroxylation is 2. The molecule has 0 N–H and O–H groups in total. The lowest BCUT2D eigenvalue weighted by molar-refractivity contribution is -0.139.